The maximum absolute atomic E-state index is 11.4. The summed E-state index contributed by atoms with van der Waals surface area (Å²) < 4.78 is 5.46. The fraction of sp³-hybridized carbons (Fsp3) is 0.824. The Bertz CT molecular complexity index is 498. The molecule has 0 aliphatic heterocycles. The molecule has 5 nitrogen and oxygen atoms in total. The van der Waals surface area contributed by atoms with Gasteiger partial charge in [0.1, 0.15) is 6.04 Å². The van der Waals surface area contributed by atoms with Crippen LogP contribution < -0.4 is 5.32 Å². The molecule has 124 valence electrons. The van der Waals surface area contributed by atoms with E-state index >= 15 is 0 Å². The van der Waals surface area contributed by atoms with Crippen molar-refractivity contribution in [2.45, 2.75) is 78.7 Å². The quantitative estimate of drug-likeness (QED) is 0.893. The molecule has 0 saturated heterocycles. The number of hydrogen-bond acceptors (Lipinski definition) is 4. The first kappa shape index (κ1) is 17.0. The van der Waals surface area contributed by atoms with Crippen LogP contribution >= 0.6 is 0 Å². The normalized spacial score (nSPS) is 20.1. The van der Waals surface area contributed by atoms with Crippen LogP contribution in [0.1, 0.15) is 90.4 Å². The van der Waals surface area contributed by atoms with Gasteiger partial charge in [0, 0.05) is 12.8 Å². The lowest BCUT2D eigenvalue weighted by Gasteiger charge is -2.32. The lowest BCUT2D eigenvalue weighted by molar-refractivity contribution is -0.120. The van der Waals surface area contributed by atoms with E-state index in [1.165, 1.54) is 19.8 Å². The van der Waals surface area contributed by atoms with Gasteiger partial charge in [-0.05, 0) is 43.4 Å². The summed E-state index contributed by atoms with van der Waals surface area (Å²) in [7, 11) is 0. The van der Waals surface area contributed by atoms with E-state index in [4.69, 9.17) is 4.52 Å². The van der Waals surface area contributed by atoms with Crippen LogP contribution in [0, 0.1) is 11.3 Å². The van der Waals surface area contributed by atoms with Gasteiger partial charge in [0.05, 0.1) is 0 Å². The number of amides is 1. The first-order valence-corrected chi connectivity index (χ1v) is 8.37. The fourth-order valence-corrected chi connectivity index (χ4v) is 3.15. The standard InChI is InChI=1S/C17H29N3O2/c1-11(2)10-14(18-12(3)21)16-19-15(20-22-16)13-6-8-17(4,5)9-7-13/h11,13-14H,6-10H2,1-5H3,(H,18,21)/t14-/m0/s1. The van der Waals surface area contributed by atoms with Gasteiger partial charge < -0.3 is 9.84 Å². The Balaban J connectivity index is 2.06. The minimum Gasteiger partial charge on any atom is -0.345 e. The minimum atomic E-state index is -0.182. The summed E-state index contributed by atoms with van der Waals surface area (Å²) in [5, 5.41) is 7.11. The highest BCUT2D eigenvalue weighted by atomic mass is 16.5. The molecule has 0 radical (unpaired) electrons. The van der Waals surface area contributed by atoms with Crippen molar-refractivity contribution < 1.29 is 9.32 Å². The van der Waals surface area contributed by atoms with Crippen LogP contribution in [0.2, 0.25) is 0 Å². The molecule has 1 atom stereocenters. The molecule has 1 amide bonds. The molecule has 1 fully saturated rings. The van der Waals surface area contributed by atoms with Crippen molar-refractivity contribution in [2.75, 3.05) is 0 Å². The van der Waals surface area contributed by atoms with Crippen LogP contribution in [0.4, 0.5) is 0 Å². The number of nitrogens with one attached hydrogen (secondary N) is 1. The molecule has 22 heavy (non-hydrogen) atoms. The second kappa shape index (κ2) is 6.80. The lowest BCUT2D eigenvalue weighted by atomic mass is 9.73. The Hall–Kier alpha value is -1.39. The molecule has 0 aromatic carbocycles. The topological polar surface area (TPSA) is 68.0 Å². The first-order valence-electron chi connectivity index (χ1n) is 8.37. The van der Waals surface area contributed by atoms with Crippen LogP contribution in [-0.4, -0.2) is 16.0 Å². The molecule has 1 aromatic heterocycles. The van der Waals surface area contributed by atoms with Crippen molar-refractivity contribution in [1.82, 2.24) is 15.5 Å². The molecule has 5 heteroatoms. The average Bonchev–Trinajstić information content (AvgIpc) is 2.86. The van der Waals surface area contributed by atoms with Crippen LogP contribution in [0.15, 0.2) is 4.52 Å². The third-order valence-corrected chi connectivity index (χ3v) is 4.54. The van der Waals surface area contributed by atoms with E-state index in [9.17, 15) is 4.79 Å². The molecule has 1 N–H and O–H groups in total. The summed E-state index contributed by atoms with van der Waals surface area (Å²) in [6.45, 7) is 10.4. The first-order chi connectivity index (χ1) is 10.3. The van der Waals surface area contributed by atoms with Gasteiger partial charge in [0.2, 0.25) is 11.8 Å². The smallest absolute Gasteiger partial charge is 0.249 e. The third-order valence-electron chi connectivity index (χ3n) is 4.54. The SMILES string of the molecule is CC(=O)N[C@@H](CC(C)C)c1nc(C2CCC(C)(C)CC2)no1. The Morgan fingerprint density at radius 2 is 2.00 bits per heavy atom. The number of nitrogens with zero attached hydrogens (tertiary/aromatic N) is 2. The van der Waals surface area contributed by atoms with Gasteiger partial charge in [-0.15, -0.1) is 0 Å². The number of carbonyl (C=O) groups excluding carboxylic acids is 1. The van der Waals surface area contributed by atoms with Gasteiger partial charge in [-0.1, -0.05) is 32.9 Å². The van der Waals surface area contributed by atoms with E-state index in [1.807, 2.05) is 0 Å². The number of rotatable bonds is 5. The zero-order chi connectivity index (χ0) is 16.3. The summed E-state index contributed by atoms with van der Waals surface area (Å²) in [6, 6.07) is -0.182. The maximum Gasteiger partial charge on any atom is 0.249 e. The van der Waals surface area contributed by atoms with Crippen molar-refractivity contribution in [1.29, 1.82) is 0 Å². The number of aromatic nitrogens is 2. The Kier molecular flexibility index (Phi) is 5.24. The summed E-state index contributed by atoms with van der Waals surface area (Å²) in [4.78, 5) is 16.0. The average molecular weight is 307 g/mol. The number of carbonyl (C=O) groups is 1. The Morgan fingerprint density at radius 3 is 2.55 bits per heavy atom. The van der Waals surface area contributed by atoms with Crippen molar-refractivity contribution in [3.8, 4) is 0 Å². The molecular weight excluding hydrogens is 278 g/mol. The van der Waals surface area contributed by atoms with E-state index in [1.54, 1.807) is 0 Å². The van der Waals surface area contributed by atoms with E-state index < -0.39 is 0 Å². The molecule has 1 saturated carbocycles. The summed E-state index contributed by atoms with van der Waals surface area (Å²) >= 11 is 0. The third kappa shape index (κ3) is 4.55. The largest absolute Gasteiger partial charge is 0.345 e. The number of hydrogen-bond donors (Lipinski definition) is 1. The molecule has 0 spiro atoms. The van der Waals surface area contributed by atoms with E-state index in [0.717, 1.165) is 25.1 Å². The van der Waals surface area contributed by atoms with E-state index in [2.05, 4.69) is 43.2 Å². The molecule has 1 aliphatic carbocycles. The van der Waals surface area contributed by atoms with E-state index in [-0.39, 0.29) is 11.9 Å². The van der Waals surface area contributed by atoms with Crippen LogP contribution in [-0.2, 0) is 4.79 Å². The second-order valence-corrected chi connectivity index (χ2v) is 7.81. The maximum atomic E-state index is 11.4. The van der Waals surface area contributed by atoms with Crippen molar-refractivity contribution in [2.24, 2.45) is 11.3 Å². The van der Waals surface area contributed by atoms with Gasteiger partial charge in [-0.2, -0.15) is 4.98 Å². The molecule has 1 aromatic rings. The van der Waals surface area contributed by atoms with E-state index in [0.29, 0.717) is 23.1 Å². The molecule has 0 bridgehead atoms. The zero-order valence-electron chi connectivity index (χ0n) is 14.5. The van der Waals surface area contributed by atoms with Crippen LogP contribution in [0.25, 0.3) is 0 Å². The fourth-order valence-electron chi connectivity index (χ4n) is 3.15. The van der Waals surface area contributed by atoms with Crippen LogP contribution in [0.5, 0.6) is 0 Å². The predicted octanol–water partition coefficient (Wildman–Crippen LogP) is 3.98. The van der Waals surface area contributed by atoms with Gasteiger partial charge in [-0.25, -0.2) is 0 Å². The molecule has 2 rings (SSSR count). The summed E-state index contributed by atoms with van der Waals surface area (Å²) in [6.07, 6.45) is 5.42. The highest BCUT2D eigenvalue weighted by Gasteiger charge is 2.31. The molecule has 1 aliphatic rings. The summed E-state index contributed by atoms with van der Waals surface area (Å²) in [5.74, 6) is 2.13. The predicted molar refractivity (Wildman–Crippen MR) is 85.3 cm³/mol. The van der Waals surface area contributed by atoms with Gasteiger partial charge >= 0.3 is 0 Å². The monoisotopic (exact) mass is 307 g/mol. The van der Waals surface area contributed by atoms with Gasteiger partial charge in [0.15, 0.2) is 5.82 Å². The van der Waals surface area contributed by atoms with Crippen molar-refractivity contribution >= 4 is 5.91 Å². The zero-order valence-corrected chi connectivity index (χ0v) is 14.5. The molecule has 1 heterocycles. The van der Waals surface area contributed by atoms with Crippen molar-refractivity contribution in [3.63, 3.8) is 0 Å². The highest BCUT2D eigenvalue weighted by molar-refractivity contribution is 5.73. The minimum absolute atomic E-state index is 0.0650. The Morgan fingerprint density at radius 1 is 1.36 bits per heavy atom. The molecule has 0 unspecified atom stereocenters. The van der Waals surface area contributed by atoms with Gasteiger partial charge in [-0.3, -0.25) is 4.79 Å². The summed E-state index contributed by atoms with van der Waals surface area (Å²) in [5.41, 5.74) is 0.430. The van der Waals surface area contributed by atoms with Crippen molar-refractivity contribution in [3.05, 3.63) is 11.7 Å². The Labute approximate surface area is 133 Å². The second-order valence-electron chi connectivity index (χ2n) is 7.81. The molecular formula is C17H29N3O2. The van der Waals surface area contributed by atoms with Crippen LogP contribution in [0.3, 0.4) is 0 Å². The highest BCUT2D eigenvalue weighted by Crippen LogP contribution is 2.41. The van der Waals surface area contributed by atoms with Gasteiger partial charge in [0.25, 0.3) is 0 Å². The lowest BCUT2D eigenvalue weighted by Crippen LogP contribution is -2.27.